The van der Waals surface area contributed by atoms with E-state index in [4.69, 9.17) is 28.3 Å². The molecule has 0 saturated carbocycles. The van der Waals surface area contributed by atoms with Gasteiger partial charge < -0.3 is 10.4 Å². The van der Waals surface area contributed by atoms with Gasteiger partial charge in [-0.1, -0.05) is 6.92 Å². The SMILES string of the molecule is CCNC(CO)C(Cl)Cl. The molecule has 0 aliphatic carbocycles. The first-order valence-corrected chi connectivity index (χ1v) is 3.72. The number of hydrogen-bond acceptors (Lipinski definition) is 2. The Kier molecular flexibility index (Phi) is 5.59. The summed E-state index contributed by atoms with van der Waals surface area (Å²) in [5, 5.41) is 11.5. The van der Waals surface area contributed by atoms with Crippen LogP contribution in [0.2, 0.25) is 0 Å². The lowest BCUT2D eigenvalue weighted by molar-refractivity contribution is 0.250. The van der Waals surface area contributed by atoms with Crippen molar-refractivity contribution in [1.29, 1.82) is 0 Å². The summed E-state index contributed by atoms with van der Waals surface area (Å²) in [6.07, 6.45) is 0. The number of nitrogens with one attached hydrogen (secondary N) is 1. The van der Waals surface area contributed by atoms with Crippen LogP contribution in [0.5, 0.6) is 0 Å². The van der Waals surface area contributed by atoms with E-state index >= 15 is 0 Å². The van der Waals surface area contributed by atoms with Crippen LogP contribution in [0.3, 0.4) is 0 Å². The highest BCUT2D eigenvalue weighted by atomic mass is 35.5. The fourth-order valence-corrected chi connectivity index (χ4v) is 0.833. The number of hydrogen-bond donors (Lipinski definition) is 2. The summed E-state index contributed by atoms with van der Waals surface area (Å²) in [4.78, 5) is -0.532. The van der Waals surface area contributed by atoms with Crippen molar-refractivity contribution < 1.29 is 5.11 Å². The molecule has 0 aliphatic heterocycles. The van der Waals surface area contributed by atoms with Gasteiger partial charge in [0.2, 0.25) is 0 Å². The third kappa shape index (κ3) is 3.98. The average Bonchev–Trinajstić information content (AvgIpc) is 1.82. The predicted octanol–water partition coefficient (Wildman–Crippen LogP) is 0.760. The zero-order valence-electron chi connectivity index (χ0n) is 5.27. The highest BCUT2D eigenvalue weighted by Gasteiger charge is 2.12. The monoisotopic (exact) mass is 171 g/mol. The van der Waals surface area contributed by atoms with Gasteiger partial charge >= 0.3 is 0 Å². The molecule has 0 amide bonds. The molecular formula is C5H11Cl2NO. The number of aliphatic hydroxyl groups excluding tert-OH is 1. The molecule has 56 valence electrons. The van der Waals surface area contributed by atoms with Gasteiger partial charge in [-0.3, -0.25) is 0 Å². The van der Waals surface area contributed by atoms with Crippen molar-refractivity contribution in [2.75, 3.05) is 13.2 Å². The Labute approximate surface area is 65.1 Å². The molecule has 2 nitrogen and oxygen atoms in total. The maximum Gasteiger partial charge on any atom is 0.125 e. The van der Waals surface area contributed by atoms with Gasteiger partial charge in [-0.25, -0.2) is 0 Å². The normalized spacial score (nSPS) is 14.3. The molecule has 1 atom stereocenters. The standard InChI is InChI=1S/C5H11Cl2NO/c1-2-8-4(3-9)5(6)7/h4-5,8-9H,2-3H2,1H3. The van der Waals surface area contributed by atoms with Gasteiger partial charge in [0.05, 0.1) is 12.6 Å². The topological polar surface area (TPSA) is 32.3 Å². The lowest BCUT2D eigenvalue weighted by atomic mass is 10.3. The Hall–Kier alpha value is 0.500. The van der Waals surface area contributed by atoms with E-state index in [9.17, 15) is 0 Å². The van der Waals surface area contributed by atoms with Gasteiger partial charge in [0.15, 0.2) is 0 Å². The van der Waals surface area contributed by atoms with Crippen LogP contribution < -0.4 is 5.32 Å². The van der Waals surface area contributed by atoms with Crippen LogP contribution in [0.4, 0.5) is 0 Å². The molecular weight excluding hydrogens is 161 g/mol. The Morgan fingerprint density at radius 2 is 2.11 bits per heavy atom. The second-order valence-electron chi connectivity index (χ2n) is 1.68. The first kappa shape index (κ1) is 9.50. The summed E-state index contributed by atoms with van der Waals surface area (Å²) in [6.45, 7) is 2.67. The van der Waals surface area contributed by atoms with Crippen LogP contribution in [0.25, 0.3) is 0 Å². The van der Waals surface area contributed by atoms with Crippen LogP contribution >= 0.6 is 23.2 Å². The van der Waals surface area contributed by atoms with Crippen molar-refractivity contribution in [2.45, 2.75) is 17.8 Å². The molecule has 2 N–H and O–H groups in total. The number of halogens is 2. The van der Waals surface area contributed by atoms with E-state index in [1.54, 1.807) is 0 Å². The molecule has 0 spiro atoms. The average molecular weight is 172 g/mol. The Morgan fingerprint density at radius 3 is 2.22 bits per heavy atom. The third-order valence-corrected chi connectivity index (χ3v) is 1.58. The van der Waals surface area contributed by atoms with Crippen molar-refractivity contribution in [3.8, 4) is 0 Å². The molecule has 4 heteroatoms. The van der Waals surface area contributed by atoms with Crippen molar-refractivity contribution in [3.05, 3.63) is 0 Å². The number of alkyl halides is 2. The highest BCUT2D eigenvalue weighted by Crippen LogP contribution is 2.06. The molecule has 0 aromatic heterocycles. The first-order chi connectivity index (χ1) is 4.22. The van der Waals surface area contributed by atoms with E-state index < -0.39 is 4.84 Å². The molecule has 0 aliphatic rings. The van der Waals surface area contributed by atoms with Crippen molar-refractivity contribution in [2.24, 2.45) is 0 Å². The number of rotatable bonds is 4. The lowest BCUT2D eigenvalue weighted by Gasteiger charge is -2.14. The van der Waals surface area contributed by atoms with E-state index in [2.05, 4.69) is 5.32 Å². The smallest absolute Gasteiger partial charge is 0.125 e. The van der Waals surface area contributed by atoms with E-state index in [-0.39, 0.29) is 12.6 Å². The summed E-state index contributed by atoms with van der Waals surface area (Å²) in [5.74, 6) is 0. The minimum atomic E-state index is -0.532. The fourth-order valence-electron chi connectivity index (χ4n) is 0.496. The fraction of sp³-hybridized carbons (Fsp3) is 1.00. The van der Waals surface area contributed by atoms with Crippen molar-refractivity contribution in [3.63, 3.8) is 0 Å². The molecule has 0 fully saturated rings. The second-order valence-corrected chi connectivity index (χ2v) is 2.84. The number of likely N-dealkylation sites (N-methyl/N-ethyl adjacent to an activating group) is 1. The van der Waals surface area contributed by atoms with E-state index in [1.165, 1.54) is 0 Å². The molecule has 0 radical (unpaired) electrons. The van der Waals surface area contributed by atoms with Crippen LogP contribution in [0.1, 0.15) is 6.92 Å². The summed E-state index contributed by atoms with van der Waals surface area (Å²) < 4.78 is 0. The van der Waals surface area contributed by atoms with Gasteiger partial charge in [0.25, 0.3) is 0 Å². The van der Waals surface area contributed by atoms with Gasteiger partial charge in [-0.15, -0.1) is 23.2 Å². The maximum atomic E-state index is 8.60. The number of aliphatic hydroxyl groups is 1. The quantitative estimate of drug-likeness (QED) is 0.613. The molecule has 9 heavy (non-hydrogen) atoms. The minimum Gasteiger partial charge on any atom is -0.395 e. The molecule has 1 unspecified atom stereocenters. The Balaban J connectivity index is 3.41. The summed E-state index contributed by atoms with van der Waals surface area (Å²) in [5.41, 5.74) is 0. The van der Waals surface area contributed by atoms with Gasteiger partial charge in [-0.05, 0) is 6.54 Å². The molecule has 0 aromatic carbocycles. The summed E-state index contributed by atoms with van der Waals surface area (Å²) >= 11 is 10.9. The van der Waals surface area contributed by atoms with Crippen LogP contribution in [-0.4, -0.2) is 29.1 Å². The zero-order valence-corrected chi connectivity index (χ0v) is 6.78. The van der Waals surface area contributed by atoms with Crippen LogP contribution in [0.15, 0.2) is 0 Å². The minimum absolute atomic E-state index is 0.0223. The molecule has 0 saturated heterocycles. The lowest BCUT2D eigenvalue weighted by Crippen LogP contribution is -2.37. The first-order valence-electron chi connectivity index (χ1n) is 2.84. The third-order valence-electron chi connectivity index (χ3n) is 0.967. The molecule has 0 aromatic rings. The van der Waals surface area contributed by atoms with Crippen molar-refractivity contribution in [1.82, 2.24) is 5.32 Å². The molecule has 0 rings (SSSR count). The Morgan fingerprint density at radius 1 is 1.56 bits per heavy atom. The van der Waals surface area contributed by atoms with Gasteiger partial charge in [0.1, 0.15) is 4.84 Å². The van der Waals surface area contributed by atoms with E-state index in [1.807, 2.05) is 6.92 Å². The molecule has 0 heterocycles. The van der Waals surface area contributed by atoms with E-state index in [0.29, 0.717) is 0 Å². The second kappa shape index (κ2) is 5.30. The van der Waals surface area contributed by atoms with Gasteiger partial charge in [0, 0.05) is 0 Å². The molecule has 0 bridgehead atoms. The van der Waals surface area contributed by atoms with E-state index in [0.717, 1.165) is 6.54 Å². The predicted molar refractivity (Wildman–Crippen MR) is 40.0 cm³/mol. The Bertz CT molecular complexity index is 70.0. The maximum absolute atomic E-state index is 8.60. The van der Waals surface area contributed by atoms with Crippen molar-refractivity contribution >= 4 is 23.2 Å². The largest absolute Gasteiger partial charge is 0.395 e. The zero-order chi connectivity index (χ0) is 7.28. The highest BCUT2D eigenvalue weighted by molar-refractivity contribution is 6.44. The van der Waals surface area contributed by atoms with Gasteiger partial charge in [-0.2, -0.15) is 0 Å². The summed E-state index contributed by atoms with van der Waals surface area (Å²) in [7, 11) is 0. The summed E-state index contributed by atoms with van der Waals surface area (Å²) in [6, 6.07) is -0.196. The van der Waals surface area contributed by atoms with Crippen LogP contribution in [0, 0.1) is 0 Å². The van der Waals surface area contributed by atoms with Crippen LogP contribution in [-0.2, 0) is 0 Å².